The SMILES string of the molecule is CC1CC(N)CN(c2ncc(F)cc2F)C1. The van der Waals surface area contributed by atoms with Gasteiger partial charge in [-0.15, -0.1) is 0 Å². The smallest absolute Gasteiger partial charge is 0.168 e. The lowest BCUT2D eigenvalue weighted by Gasteiger charge is -2.35. The van der Waals surface area contributed by atoms with E-state index in [1.807, 2.05) is 0 Å². The molecule has 0 aromatic carbocycles. The first-order valence-electron chi connectivity index (χ1n) is 5.38. The van der Waals surface area contributed by atoms with E-state index in [1.165, 1.54) is 0 Å². The summed E-state index contributed by atoms with van der Waals surface area (Å²) in [6, 6.07) is 0.877. The molecule has 0 bridgehead atoms. The molecule has 1 aliphatic heterocycles. The van der Waals surface area contributed by atoms with Gasteiger partial charge in [-0.2, -0.15) is 0 Å². The van der Waals surface area contributed by atoms with Gasteiger partial charge in [-0.3, -0.25) is 0 Å². The second-order valence-electron chi connectivity index (χ2n) is 4.46. The molecule has 0 saturated carbocycles. The predicted molar refractivity (Wildman–Crippen MR) is 58.1 cm³/mol. The van der Waals surface area contributed by atoms with Gasteiger partial charge in [0.15, 0.2) is 11.6 Å². The molecule has 1 aromatic rings. The Bertz CT molecular complexity index is 373. The highest BCUT2D eigenvalue weighted by molar-refractivity contribution is 5.40. The van der Waals surface area contributed by atoms with Gasteiger partial charge in [0.2, 0.25) is 0 Å². The number of piperidine rings is 1. The summed E-state index contributed by atoms with van der Waals surface area (Å²) in [5.74, 6) is -0.685. The minimum atomic E-state index is -0.657. The average Bonchev–Trinajstić information content (AvgIpc) is 2.15. The summed E-state index contributed by atoms with van der Waals surface area (Å²) in [5, 5.41) is 0. The largest absolute Gasteiger partial charge is 0.352 e. The van der Waals surface area contributed by atoms with Gasteiger partial charge < -0.3 is 10.6 Å². The van der Waals surface area contributed by atoms with Crippen LogP contribution < -0.4 is 10.6 Å². The number of halogens is 2. The Morgan fingerprint density at radius 3 is 2.81 bits per heavy atom. The lowest BCUT2D eigenvalue weighted by Crippen LogP contribution is -2.47. The van der Waals surface area contributed by atoms with Gasteiger partial charge in [-0.1, -0.05) is 6.92 Å². The van der Waals surface area contributed by atoms with E-state index < -0.39 is 11.6 Å². The third-order valence-corrected chi connectivity index (χ3v) is 2.78. The monoisotopic (exact) mass is 227 g/mol. The Kier molecular flexibility index (Phi) is 3.05. The third kappa shape index (κ3) is 2.29. The van der Waals surface area contributed by atoms with Gasteiger partial charge in [0.1, 0.15) is 5.82 Å². The second kappa shape index (κ2) is 4.33. The van der Waals surface area contributed by atoms with Crippen molar-refractivity contribution in [2.45, 2.75) is 19.4 Å². The number of hydrogen-bond acceptors (Lipinski definition) is 3. The van der Waals surface area contributed by atoms with Crippen molar-refractivity contribution < 1.29 is 8.78 Å². The van der Waals surface area contributed by atoms with E-state index in [-0.39, 0.29) is 11.9 Å². The number of nitrogens with zero attached hydrogens (tertiary/aromatic N) is 2. The van der Waals surface area contributed by atoms with Gasteiger partial charge in [-0.05, 0) is 12.3 Å². The molecule has 3 nitrogen and oxygen atoms in total. The van der Waals surface area contributed by atoms with Crippen LogP contribution in [0.15, 0.2) is 12.3 Å². The third-order valence-electron chi connectivity index (χ3n) is 2.78. The van der Waals surface area contributed by atoms with E-state index in [0.29, 0.717) is 19.0 Å². The summed E-state index contributed by atoms with van der Waals surface area (Å²) in [4.78, 5) is 5.58. The molecule has 2 heterocycles. The fourth-order valence-electron chi connectivity index (χ4n) is 2.21. The quantitative estimate of drug-likeness (QED) is 0.791. The zero-order valence-corrected chi connectivity index (χ0v) is 9.16. The van der Waals surface area contributed by atoms with Crippen LogP contribution >= 0.6 is 0 Å². The summed E-state index contributed by atoms with van der Waals surface area (Å²) in [5.41, 5.74) is 5.87. The molecular weight excluding hydrogens is 212 g/mol. The number of nitrogens with two attached hydrogens (primary N) is 1. The van der Waals surface area contributed by atoms with Crippen molar-refractivity contribution in [2.75, 3.05) is 18.0 Å². The topological polar surface area (TPSA) is 42.1 Å². The molecule has 2 atom stereocenters. The maximum absolute atomic E-state index is 13.5. The number of pyridine rings is 1. The van der Waals surface area contributed by atoms with Crippen molar-refractivity contribution in [1.82, 2.24) is 4.98 Å². The number of rotatable bonds is 1. The van der Waals surface area contributed by atoms with Crippen molar-refractivity contribution in [3.8, 4) is 0 Å². The van der Waals surface area contributed by atoms with Gasteiger partial charge in [0.25, 0.3) is 0 Å². The average molecular weight is 227 g/mol. The molecule has 2 rings (SSSR count). The Morgan fingerprint density at radius 2 is 2.19 bits per heavy atom. The number of anilines is 1. The molecule has 2 N–H and O–H groups in total. The highest BCUT2D eigenvalue weighted by Gasteiger charge is 2.25. The van der Waals surface area contributed by atoms with Crippen LogP contribution in [0.5, 0.6) is 0 Å². The zero-order chi connectivity index (χ0) is 11.7. The normalized spacial score (nSPS) is 25.9. The summed E-state index contributed by atoms with van der Waals surface area (Å²) in [7, 11) is 0. The van der Waals surface area contributed by atoms with E-state index in [1.54, 1.807) is 4.90 Å². The minimum absolute atomic E-state index is 0.0232. The van der Waals surface area contributed by atoms with E-state index >= 15 is 0 Å². The van der Waals surface area contributed by atoms with Crippen LogP contribution in [0, 0.1) is 17.6 Å². The van der Waals surface area contributed by atoms with Crippen LogP contribution in [0.3, 0.4) is 0 Å². The summed E-state index contributed by atoms with van der Waals surface area (Å²) >= 11 is 0. The molecule has 1 aliphatic rings. The summed E-state index contributed by atoms with van der Waals surface area (Å²) in [6.45, 7) is 3.34. The van der Waals surface area contributed by atoms with Crippen LogP contribution in [0.2, 0.25) is 0 Å². The Morgan fingerprint density at radius 1 is 1.44 bits per heavy atom. The highest BCUT2D eigenvalue weighted by Crippen LogP contribution is 2.23. The van der Waals surface area contributed by atoms with Crippen LogP contribution in [0.25, 0.3) is 0 Å². The van der Waals surface area contributed by atoms with Gasteiger partial charge in [0, 0.05) is 25.2 Å². The van der Waals surface area contributed by atoms with E-state index in [0.717, 1.165) is 18.7 Å². The molecule has 1 saturated heterocycles. The predicted octanol–water partition coefficient (Wildman–Crippen LogP) is 1.53. The summed E-state index contributed by atoms with van der Waals surface area (Å²) < 4.78 is 26.2. The fraction of sp³-hybridized carbons (Fsp3) is 0.545. The maximum atomic E-state index is 13.5. The molecule has 0 amide bonds. The molecule has 2 unspecified atom stereocenters. The van der Waals surface area contributed by atoms with Crippen LogP contribution in [0.1, 0.15) is 13.3 Å². The Balaban J connectivity index is 2.23. The maximum Gasteiger partial charge on any atom is 0.168 e. The van der Waals surface area contributed by atoms with Crippen molar-refractivity contribution in [1.29, 1.82) is 0 Å². The first-order chi connectivity index (χ1) is 7.56. The fourth-order valence-corrected chi connectivity index (χ4v) is 2.21. The van der Waals surface area contributed by atoms with Crippen molar-refractivity contribution in [3.63, 3.8) is 0 Å². The molecule has 1 fully saturated rings. The van der Waals surface area contributed by atoms with E-state index in [9.17, 15) is 8.78 Å². The summed E-state index contributed by atoms with van der Waals surface area (Å²) in [6.07, 6.45) is 1.96. The number of hydrogen-bond donors (Lipinski definition) is 1. The van der Waals surface area contributed by atoms with Crippen molar-refractivity contribution >= 4 is 5.82 Å². The molecule has 16 heavy (non-hydrogen) atoms. The highest BCUT2D eigenvalue weighted by atomic mass is 19.1. The molecule has 0 radical (unpaired) electrons. The molecule has 88 valence electrons. The standard InChI is InChI=1S/C11H15F2N3/c1-7-2-9(14)6-16(5-7)11-10(13)3-8(12)4-15-11/h3-4,7,9H,2,5-6,14H2,1H3. The van der Waals surface area contributed by atoms with Gasteiger partial charge >= 0.3 is 0 Å². The van der Waals surface area contributed by atoms with Crippen LogP contribution in [-0.2, 0) is 0 Å². The number of aromatic nitrogens is 1. The minimum Gasteiger partial charge on any atom is -0.352 e. The Hall–Kier alpha value is -1.23. The zero-order valence-electron chi connectivity index (χ0n) is 9.16. The van der Waals surface area contributed by atoms with Crippen molar-refractivity contribution in [3.05, 3.63) is 23.9 Å². The van der Waals surface area contributed by atoms with E-state index in [4.69, 9.17) is 5.73 Å². The molecular formula is C11H15F2N3. The van der Waals surface area contributed by atoms with E-state index in [2.05, 4.69) is 11.9 Å². The lowest BCUT2D eigenvalue weighted by atomic mass is 9.96. The van der Waals surface area contributed by atoms with Gasteiger partial charge in [-0.25, -0.2) is 13.8 Å². The van der Waals surface area contributed by atoms with Gasteiger partial charge in [0.05, 0.1) is 6.20 Å². The first-order valence-corrected chi connectivity index (χ1v) is 5.38. The first kappa shape index (κ1) is 11.3. The molecule has 1 aromatic heterocycles. The lowest BCUT2D eigenvalue weighted by molar-refractivity contribution is 0.395. The van der Waals surface area contributed by atoms with Crippen LogP contribution in [-0.4, -0.2) is 24.1 Å². The Labute approximate surface area is 93.3 Å². The van der Waals surface area contributed by atoms with Crippen LogP contribution in [0.4, 0.5) is 14.6 Å². The van der Waals surface area contributed by atoms with Crippen molar-refractivity contribution in [2.24, 2.45) is 11.7 Å². The molecule has 0 aliphatic carbocycles. The molecule has 5 heteroatoms. The second-order valence-corrected chi connectivity index (χ2v) is 4.46. The molecule has 0 spiro atoms.